The van der Waals surface area contributed by atoms with Gasteiger partial charge in [-0.3, -0.25) is 0 Å². The molecule has 5 heteroatoms. The smallest absolute Gasteiger partial charge is 0.120 e. The molecule has 0 aromatic heterocycles. The number of phenols is 1. The van der Waals surface area contributed by atoms with Gasteiger partial charge in [-0.1, -0.05) is 30.4 Å². The van der Waals surface area contributed by atoms with Crippen LogP contribution in [0.15, 0.2) is 36.4 Å². The first-order chi connectivity index (χ1) is 8.59. The summed E-state index contributed by atoms with van der Waals surface area (Å²) in [4.78, 5) is 0. The van der Waals surface area contributed by atoms with Crippen molar-refractivity contribution in [1.29, 1.82) is 0 Å². The van der Waals surface area contributed by atoms with Gasteiger partial charge in [-0.25, -0.2) is 0 Å². The average molecular weight is 251 g/mol. The van der Waals surface area contributed by atoms with Crippen LogP contribution in [-0.4, -0.2) is 44.8 Å². The Bertz CT molecular complexity index is 435. The lowest BCUT2D eigenvalue weighted by Crippen LogP contribution is -2.51. The summed E-state index contributed by atoms with van der Waals surface area (Å²) in [5.41, 5.74) is 0.707. The van der Waals surface area contributed by atoms with E-state index in [1.807, 2.05) is 6.07 Å². The Balaban J connectivity index is 1.99. The second-order valence-electron chi connectivity index (χ2n) is 4.39. The molecule has 1 aliphatic rings. The molecule has 0 unspecified atom stereocenters. The normalized spacial score (nSPS) is 31.5. The Morgan fingerprint density at radius 1 is 1.00 bits per heavy atom. The topological polar surface area (TPSA) is 93.0 Å². The van der Waals surface area contributed by atoms with Crippen LogP contribution in [0.5, 0.6) is 5.75 Å². The van der Waals surface area contributed by atoms with Gasteiger partial charge in [0.05, 0.1) is 6.04 Å². The Morgan fingerprint density at radius 3 is 2.44 bits per heavy atom. The molecule has 1 aromatic carbocycles. The summed E-state index contributed by atoms with van der Waals surface area (Å²) in [5, 5.41) is 41.2. The molecule has 0 fully saturated rings. The third-order valence-electron chi connectivity index (χ3n) is 3.10. The average Bonchev–Trinajstić information content (AvgIpc) is 2.37. The molecule has 0 heterocycles. The van der Waals surface area contributed by atoms with Gasteiger partial charge < -0.3 is 25.7 Å². The standard InChI is InChI=1S/C13H17NO4/c15-10-4-2-1-3-8(10)7-14-9-5-6-11(16)13(18)12(9)17/h1-6,9,11-18H,7H2/t9-,11-,12+,13+/m1/s1. The van der Waals surface area contributed by atoms with Gasteiger partial charge in [0.2, 0.25) is 0 Å². The summed E-state index contributed by atoms with van der Waals surface area (Å²) < 4.78 is 0. The fourth-order valence-corrected chi connectivity index (χ4v) is 1.95. The van der Waals surface area contributed by atoms with Crippen LogP contribution < -0.4 is 5.32 Å². The van der Waals surface area contributed by atoms with Crippen molar-refractivity contribution in [3.63, 3.8) is 0 Å². The monoisotopic (exact) mass is 251 g/mol. The zero-order chi connectivity index (χ0) is 13.1. The van der Waals surface area contributed by atoms with E-state index in [2.05, 4.69) is 5.32 Å². The molecule has 1 aromatic rings. The van der Waals surface area contributed by atoms with E-state index in [9.17, 15) is 20.4 Å². The van der Waals surface area contributed by atoms with E-state index in [0.29, 0.717) is 12.1 Å². The fraction of sp³-hybridized carbons (Fsp3) is 0.385. The van der Waals surface area contributed by atoms with Gasteiger partial charge in [0.1, 0.15) is 24.1 Å². The minimum Gasteiger partial charge on any atom is -0.508 e. The quantitative estimate of drug-likeness (QED) is 0.467. The highest BCUT2D eigenvalue weighted by Gasteiger charge is 2.32. The first-order valence-corrected chi connectivity index (χ1v) is 5.82. The lowest BCUT2D eigenvalue weighted by Gasteiger charge is -2.31. The van der Waals surface area contributed by atoms with E-state index in [1.165, 1.54) is 6.08 Å². The van der Waals surface area contributed by atoms with Crippen molar-refractivity contribution in [2.75, 3.05) is 0 Å². The number of aliphatic hydroxyl groups excluding tert-OH is 3. The predicted octanol–water partition coefficient (Wildman–Crippen LogP) is -0.497. The van der Waals surface area contributed by atoms with Gasteiger partial charge in [-0.05, 0) is 6.07 Å². The molecule has 98 valence electrons. The van der Waals surface area contributed by atoms with E-state index < -0.39 is 24.4 Å². The number of hydrogen-bond donors (Lipinski definition) is 5. The highest BCUT2D eigenvalue weighted by atomic mass is 16.4. The third-order valence-corrected chi connectivity index (χ3v) is 3.10. The second kappa shape index (κ2) is 5.49. The van der Waals surface area contributed by atoms with Gasteiger partial charge >= 0.3 is 0 Å². The van der Waals surface area contributed by atoms with Crippen LogP contribution in [0, 0.1) is 0 Å². The molecule has 0 bridgehead atoms. The van der Waals surface area contributed by atoms with Crippen LogP contribution in [0.25, 0.3) is 0 Å². The van der Waals surface area contributed by atoms with Gasteiger partial charge in [-0.15, -0.1) is 0 Å². The molecule has 0 saturated carbocycles. The minimum absolute atomic E-state index is 0.180. The van der Waals surface area contributed by atoms with Crippen molar-refractivity contribution in [3.05, 3.63) is 42.0 Å². The van der Waals surface area contributed by atoms with Gasteiger partial charge in [0.15, 0.2) is 0 Å². The number of phenolic OH excluding ortho intramolecular Hbond substituents is 1. The molecule has 5 nitrogen and oxygen atoms in total. The largest absolute Gasteiger partial charge is 0.508 e. The van der Waals surface area contributed by atoms with Crippen LogP contribution in [0.2, 0.25) is 0 Å². The molecular weight excluding hydrogens is 234 g/mol. The van der Waals surface area contributed by atoms with Crippen molar-refractivity contribution >= 4 is 0 Å². The van der Waals surface area contributed by atoms with Crippen molar-refractivity contribution in [2.45, 2.75) is 30.9 Å². The Morgan fingerprint density at radius 2 is 1.72 bits per heavy atom. The first kappa shape index (κ1) is 13.0. The van der Waals surface area contributed by atoms with Crippen LogP contribution >= 0.6 is 0 Å². The molecule has 4 atom stereocenters. The Labute approximate surface area is 105 Å². The molecule has 0 spiro atoms. The summed E-state index contributed by atoms with van der Waals surface area (Å²) in [6, 6.07) is 6.44. The maximum atomic E-state index is 9.77. The van der Waals surface area contributed by atoms with Crippen molar-refractivity contribution in [1.82, 2.24) is 5.32 Å². The van der Waals surface area contributed by atoms with Gasteiger partial charge in [0.25, 0.3) is 0 Å². The Kier molecular flexibility index (Phi) is 3.98. The van der Waals surface area contributed by atoms with E-state index in [0.717, 1.165) is 0 Å². The third kappa shape index (κ3) is 2.70. The minimum atomic E-state index is -1.20. The molecular formula is C13H17NO4. The highest BCUT2D eigenvalue weighted by Crippen LogP contribution is 2.17. The number of para-hydroxylation sites is 1. The molecule has 0 amide bonds. The first-order valence-electron chi connectivity index (χ1n) is 5.82. The summed E-state index contributed by atoms with van der Waals surface area (Å²) >= 11 is 0. The highest BCUT2D eigenvalue weighted by molar-refractivity contribution is 5.31. The van der Waals surface area contributed by atoms with Crippen molar-refractivity contribution in [2.24, 2.45) is 0 Å². The summed E-state index contributed by atoms with van der Waals surface area (Å²) in [6.45, 7) is 0.363. The molecule has 0 radical (unpaired) electrons. The molecule has 1 aliphatic carbocycles. The summed E-state index contributed by atoms with van der Waals surface area (Å²) in [7, 11) is 0. The van der Waals surface area contributed by atoms with Crippen molar-refractivity contribution in [3.8, 4) is 5.75 Å². The molecule has 5 N–H and O–H groups in total. The number of rotatable bonds is 3. The zero-order valence-corrected chi connectivity index (χ0v) is 9.77. The van der Waals surface area contributed by atoms with Crippen LogP contribution in [-0.2, 0) is 6.54 Å². The van der Waals surface area contributed by atoms with E-state index in [4.69, 9.17) is 0 Å². The van der Waals surface area contributed by atoms with E-state index in [1.54, 1.807) is 24.3 Å². The predicted molar refractivity (Wildman–Crippen MR) is 65.9 cm³/mol. The number of aromatic hydroxyl groups is 1. The number of hydrogen-bond acceptors (Lipinski definition) is 5. The summed E-state index contributed by atoms with van der Waals surface area (Å²) in [6.07, 6.45) is -0.252. The number of aliphatic hydroxyl groups is 3. The van der Waals surface area contributed by atoms with Crippen LogP contribution in [0.1, 0.15) is 5.56 Å². The zero-order valence-electron chi connectivity index (χ0n) is 9.77. The Hall–Kier alpha value is -1.40. The van der Waals surface area contributed by atoms with Crippen LogP contribution in [0.3, 0.4) is 0 Å². The SMILES string of the molecule is Oc1ccccc1CN[C@@H]1C=C[C@@H](O)[C@H](O)[C@H]1O. The fourth-order valence-electron chi connectivity index (χ4n) is 1.95. The second-order valence-corrected chi connectivity index (χ2v) is 4.39. The molecule has 0 aliphatic heterocycles. The lowest BCUT2D eigenvalue weighted by molar-refractivity contribution is -0.0567. The van der Waals surface area contributed by atoms with Gasteiger partial charge in [0, 0.05) is 12.1 Å². The molecule has 2 rings (SSSR count). The van der Waals surface area contributed by atoms with Crippen LogP contribution in [0.4, 0.5) is 0 Å². The number of nitrogens with one attached hydrogen (secondary N) is 1. The number of benzene rings is 1. The lowest BCUT2D eigenvalue weighted by atomic mass is 9.94. The van der Waals surface area contributed by atoms with E-state index >= 15 is 0 Å². The maximum absolute atomic E-state index is 9.77. The van der Waals surface area contributed by atoms with E-state index in [-0.39, 0.29) is 5.75 Å². The molecule has 18 heavy (non-hydrogen) atoms. The summed E-state index contributed by atoms with van der Waals surface area (Å²) in [5.74, 6) is 0.180. The molecule has 0 saturated heterocycles. The maximum Gasteiger partial charge on any atom is 0.120 e. The van der Waals surface area contributed by atoms with Gasteiger partial charge in [-0.2, -0.15) is 0 Å². The van der Waals surface area contributed by atoms with Crippen molar-refractivity contribution < 1.29 is 20.4 Å².